The van der Waals surface area contributed by atoms with Gasteiger partial charge in [-0.1, -0.05) is 146 Å². The molecule has 0 aliphatic heterocycles. The first-order valence-electron chi connectivity index (χ1n) is 18.8. The SMILES string of the molecule is c1ccc(-c2cccc(N(c3ccc(-c4cccc(-n5c6ccccc6c6ccccc65)c4)cc3)c3cccc4c3oc3c5ccccc5ccc43)c2)cc1. The molecule has 3 nitrogen and oxygen atoms in total. The van der Waals surface area contributed by atoms with Crippen LogP contribution in [0.5, 0.6) is 0 Å². The van der Waals surface area contributed by atoms with Crippen LogP contribution in [-0.4, -0.2) is 4.57 Å². The number of benzene rings is 9. The number of hydrogen-bond donors (Lipinski definition) is 0. The number of hydrogen-bond acceptors (Lipinski definition) is 2. The summed E-state index contributed by atoms with van der Waals surface area (Å²) in [6.45, 7) is 0. The van der Waals surface area contributed by atoms with Gasteiger partial charge in [0.25, 0.3) is 0 Å². The number of para-hydroxylation sites is 3. The van der Waals surface area contributed by atoms with E-state index in [-0.39, 0.29) is 0 Å². The molecule has 55 heavy (non-hydrogen) atoms. The van der Waals surface area contributed by atoms with Gasteiger partial charge in [0.15, 0.2) is 5.58 Å². The highest BCUT2D eigenvalue weighted by molar-refractivity contribution is 6.17. The van der Waals surface area contributed by atoms with Gasteiger partial charge in [-0.25, -0.2) is 0 Å². The molecule has 258 valence electrons. The van der Waals surface area contributed by atoms with E-state index in [0.717, 1.165) is 66.8 Å². The van der Waals surface area contributed by atoms with E-state index in [0.29, 0.717) is 0 Å². The molecule has 0 saturated heterocycles. The molecule has 0 fully saturated rings. The number of anilines is 3. The van der Waals surface area contributed by atoms with Crippen molar-refractivity contribution in [1.29, 1.82) is 0 Å². The highest BCUT2D eigenvalue weighted by Gasteiger charge is 2.21. The van der Waals surface area contributed by atoms with Gasteiger partial charge in [-0.2, -0.15) is 0 Å². The van der Waals surface area contributed by atoms with Gasteiger partial charge in [-0.05, 0) is 88.3 Å². The maximum Gasteiger partial charge on any atom is 0.159 e. The van der Waals surface area contributed by atoms with Crippen molar-refractivity contribution in [2.45, 2.75) is 0 Å². The molecule has 11 rings (SSSR count). The first-order chi connectivity index (χ1) is 27.3. The van der Waals surface area contributed by atoms with E-state index < -0.39 is 0 Å². The van der Waals surface area contributed by atoms with Crippen LogP contribution in [0.4, 0.5) is 17.1 Å². The summed E-state index contributed by atoms with van der Waals surface area (Å²) < 4.78 is 9.27. The predicted molar refractivity (Wildman–Crippen MR) is 231 cm³/mol. The van der Waals surface area contributed by atoms with Gasteiger partial charge >= 0.3 is 0 Å². The Morgan fingerprint density at radius 2 is 0.927 bits per heavy atom. The van der Waals surface area contributed by atoms with Crippen molar-refractivity contribution in [1.82, 2.24) is 4.57 Å². The molecule has 2 aromatic heterocycles. The Kier molecular flexibility index (Phi) is 7.17. The predicted octanol–water partition coefficient (Wildman–Crippen LogP) is 14.6. The number of aromatic nitrogens is 1. The standard InChI is InChI=1S/C52H34N2O/c1-2-13-35(14-3-1)38-16-10-18-41(33-38)53(50-26-12-23-46-47-32-29-37-15-4-5-20-43(37)51(47)55-52(46)50)40-30-27-36(28-31-40)39-17-11-19-42(34-39)54-48-24-8-6-21-44(48)45-22-7-9-25-49(45)54/h1-34H. The summed E-state index contributed by atoms with van der Waals surface area (Å²) in [6.07, 6.45) is 0. The third-order valence-corrected chi connectivity index (χ3v) is 11.0. The van der Waals surface area contributed by atoms with Crippen LogP contribution in [0.25, 0.3) is 82.5 Å². The molecule has 3 heteroatoms. The molecule has 0 spiro atoms. The average Bonchev–Trinajstić information content (AvgIpc) is 3.82. The van der Waals surface area contributed by atoms with E-state index in [4.69, 9.17) is 4.42 Å². The molecular weight excluding hydrogens is 669 g/mol. The Morgan fingerprint density at radius 1 is 0.345 bits per heavy atom. The topological polar surface area (TPSA) is 21.3 Å². The Labute approximate surface area is 318 Å². The van der Waals surface area contributed by atoms with Crippen LogP contribution in [-0.2, 0) is 0 Å². The van der Waals surface area contributed by atoms with Crippen molar-refractivity contribution in [3.8, 4) is 27.9 Å². The van der Waals surface area contributed by atoms with Crippen LogP contribution in [0.3, 0.4) is 0 Å². The van der Waals surface area contributed by atoms with Gasteiger partial charge in [-0.15, -0.1) is 0 Å². The zero-order chi connectivity index (χ0) is 36.3. The molecular formula is C52H34N2O. The minimum atomic E-state index is 0.863. The van der Waals surface area contributed by atoms with E-state index in [2.05, 4.69) is 216 Å². The summed E-state index contributed by atoms with van der Waals surface area (Å²) in [5.41, 5.74) is 13.1. The highest BCUT2D eigenvalue weighted by Crippen LogP contribution is 2.44. The second kappa shape index (κ2) is 12.6. The summed E-state index contributed by atoms with van der Waals surface area (Å²) in [5.74, 6) is 0. The molecule has 9 aromatic carbocycles. The fraction of sp³-hybridized carbons (Fsp3) is 0. The molecule has 0 amide bonds. The molecule has 0 aliphatic carbocycles. The van der Waals surface area contributed by atoms with Crippen molar-refractivity contribution >= 4 is 71.6 Å². The van der Waals surface area contributed by atoms with Crippen LogP contribution < -0.4 is 4.90 Å². The summed E-state index contributed by atoms with van der Waals surface area (Å²) in [7, 11) is 0. The van der Waals surface area contributed by atoms with Gasteiger partial charge in [0.1, 0.15) is 5.58 Å². The monoisotopic (exact) mass is 702 g/mol. The molecule has 0 bridgehead atoms. The van der Waals surface area contributed by atoms with Crippen molar-refractivity contribution in [2.75, 3.05) is 4.90 Å². The van der Waals surface area contributed by atoms with Crippen LogP contribution in [0.2, 0.25) is 0 Å². The lowest BCUT2D eigenvalue weighted by molar-refractivity contribution is 0.673. The molecule has 0 N–H and O–H groups in total. The Morgan fingerprint density at radius 3 is 1.71 bits per heavy atom. The third-order valence-electron chi connectivity index (χ3n) is 11.0. The smallest absolute Gasteiger partial charge is 0.159 e. The van der Waals surface area contributed by atoms with E-state index >= 15 is 0 Å². The number of rotatable bonds is 6. The van der Waals surface area contributed by atoms with E-state index in [1.165, 1.54) is 32.8 Å². The highest BCUT2D eigenvalue weighted by atomic mass is 16.3. The molecule has 2 heterocycles. The first-order valence-corrected chi connectivity index (χ1v) is 18.8. The minimum Gasteiger partial charge on any atom is -0.453 e. The lowest BCUT2D eigenvalue weighted by Gasteiger charge is -2.26. The fourth-order valence-corrected chi connectivity index (χ4v) is 8.40. The average molecular weight is 703 g/mol. The van der Waals surface area contributed by atoms with Gasteiger partial charge in [0.05, 0.1) is 16.7 Å². The maximum absolute atomic E-state index is 6.89. The lowest BCUT2D eigenvalue weighted by Crippen LogP contribution is -2.10. The van der Waals surface area contributed by atoms with Crippen LogP contribution >= 0.6 is 0 Å². The molecule has 11 aromatic rings. The zero-order valence-electron chi connectivity index (χ0n) is 29.9. The van der Waals surface area contributed by atoms with E-state index in [1.807, 2.05) is 0 Å². The van der Waals surface area contributed by atoms with E-state index in [9.17, 15) is 0 Å². The lowest BCUT2D eigenvalue weighted by atomic mass is 10.0. The zero-order valence-corrected chi connectivity index (χ0v) is 29.9. The van der Waals surface area contributed by atoms with Gasteiger partial charge in [-0.3, -0.25) is 0 Å². The minimum absolute atomic E-state index is 0.863. The molecule has 0 saturated carbocycles. The Balaban J connectivity index is 1.06. The van der Waals surface area contributed by atoms with Crippen molar-refractivity contribution in [3.63, 3.8) is 0 Å². The number of nitrogens with zero attached hydrogens (tertiary/aromatic N) is 2. The second-order valence-corrected chi connectivity index (χ2v) is 14.1. The molecule has 0 aliphatic rings. The van der Waals surface area contributed by atoms with Gasteiger partial charge in [0, 0.05) is 44.0 Å². The quantitative estimate of drug-likeness (QED) is 0.172. The van der Waals surface area contributed by atoms with Gasteiger partial charge < -0.3 is 13.9 Å². The normalized spacial score (nSPS) is 11.6. The first kappa shape index (κ1) is 31.2. The maximum atomic E-state index is 6.89. The molecule has 0 unspecified atom stereocenters. The van der Waals surface area contributed by atoms with Crippen LogP contribution in [0.1, 0.15) is 0 Å². The van der Waals surface area contributed by atoms with Crippen LogP contribution in [0, 0.1) is 0 Å². The molecule has 0 radical (unpaired) electrons. The van der Waals surface area contributed by atoms with E-state index in [1.54, 1.807) is 0 Å². The van der Waals surface area contributed by atoms with Gasteiger partial charge in [0.2, 0.25) is 0 Å². The fourth-order valence-electron chi connectivity index (χ4n) is 8.40. The summed E-state index contributed by atoms with van der Waals surface area (Å²) in [4.78, 5) is 2.33. The summed E-state index contributed by atoms with van der Waals surface area (Å²) >= 11 is 0. The Hall–Kier alpha value is -7.36. The van der Waals surface area contributed by atoms with Crippen molar-refractivity contribution in [2.24, 2.45) is 0 Å². The second-order valence-electron chi connectivity index (χ2n) is 14.1. The summed E-state index contributed by atoms with van der Waals surface area (Å²) in [6, 6.07) is 73.8. The Bertz CT molecular complexity index is 3150. The molecule has 0 atom stereocenters. The number of fused-ring (bicyclic) bond motifs is 8. The van der Waals surface area contributed by atoms with Crippen LogP contribution in [0.15, 0.2) is 211 Å². The van der Waals surface area contributed by atoms with Crippen molar-refractivity contribution in [3.05, 3.63) is 206 Å². The third kappa shape index (κ3) is 5.13. The number of furan rings is 1. The largest absolute Gasteiger partial charge is 0.453 e. The van der Waals surface area contributed by atoms with Crippen molar-refractivity contribution < 1.29 is 4.42 Å². The summed E-state index contributed by atoms with van der Waals surface area (Å²) in [5, 5.41) is 7.02.